The monoisotopic (exact) mass is 316 g/mol. The molecule has 1 aromatic carbocycles. The summed E-state index contributed by atoms with van der Waals surface area (Å²) in [5.74, 6) is -1.18. The van der Waals surface area contributed by atoms with Gasteiger partial charge in [0.1, 0.15) is 5.69 Å². The highest BCUT2D eigenvalue weighted by molar-refractivity contribution is 9.10. The summed E-state index contributed by atoms with van der Waals surface area (Å²) in [4.78, 5) is 12.1. The molecule has 2 rings (SSSR count). The van der Waals surface area contributed by atoms with E-state index in [0.29, 0.717) is 4.47 Å². The Balaban J connectivity index is 2.55. The summed E-state index contributed by atoms with van der Waals surface area (Å²) in [6.07, 6.45) is 1.48. The second kappa shape index (κ2) is 4.58. The number of benzene rings is 1. The number of ketones is 1. The van der Waals surface area contributed by atoms with Crippen molar-refractivity contribution in [3.63, 3.8) is 0 Å². The van der Waals surface area contributed by atoms with Gasteiger partial charge in [0, 0.05) is 7.05 Å². The normalized spacial score (nSPS) is 10.6. The maximum Gasteiger partial charge on any atom is 0.215 e. The molecule has 0 saturated heterocycles. The lowest BCUT2D eigenvalue weighted by Gasteiger charge is -2.04. The highest BCUT2D eigenvalue weighted by Gasteiger charge is 2.21. The van der Waals surface area contributed by atoms with Gasteiger partial charge in [-0.15, -0.1) is 0 Å². The van der Waals surface area contributed by atoms with Gasteiger partial charge in [0.25, 0.3) is 0 Å². The number of halogens is 3. The fourth-order valence-electron chi connectivity index (χ4n) is 1.47. The standard InChI is InChI=1S/C11H7BrClFN2O/c1-16-10(7(12)5-15-16)11(17)6-3-2-4-8(13)9(6)14/h2-5H,1H3. The molecule has 0 aliphatic heterocycles. The van der Waals surface area contributed by atoms with Crippen molar-refractivity contribution in [2.45, 2.75) is 0 Å². The van der Waals surface area contributed by atoms with Gasteiger partial charge >= 0.3 is 0 Å². The van der Waals surface area contributed by atoms with Crippen LogP contribution in [0.2, 0.25) is 5.02 Å². The Hall–Kier alpha value is -1.20. The summed E-state index contributed by atoms with van der Waals surface area (Å²) in [6, 6.07) is 4.32. The minimum atomic E-state index is -0.715. The van der Waals surface area contributed by atoms with Crippen LogP contribution in [-0.2, 0) is 7.05 Å². The van der Waals surface area contributed by atoms with Crippen molar-refractivity contribution >= 4 is 33.3 Å². The molecule has 0 bridgehead atoms. The minimum absolute atomic E-state index is 0.0678. The molecule has 17 heavy (non-hydrogen) atoms. The van der Waals surface area contributed by atoms with Crippen LogP contribution in [0.25, 0.3) is 0 Å². The SMILES string of the molecule is Cn1ncc(Br)c1C(=O)c1cccc(Cl)c1F. The number of nitrogens with zero attached hydrogens (tertiary/aromatic N) is 2. The van der Waals surface area contributed by atoms with Gasteiger partial charge in [0.05, 0.1) is 21.3 Å². The molecule has 88 valence electrons. The zero-order valence-corrected chi connectivity index (χ0v) is 11.1. The molecule has 2 aromatic rings. The van der Waals surface area contributed by atoms with Crippen LogP contribution >= 0.6 is 27.5 Å². The first-order valence-electron chi connectivity index (χ1n) is 4.68. The number of aromatic nitrogens is 2. The third-order valence-electron chi connectivity index (χ3n) is 2.31. The second-order valence-corrected chi connectivity index (χ2v) is 4.66. The third kappa shape index (κ3) is 2.12. The number of carbonyl (C=O) groups is 1. The van der Waals surface area contributed by atoms with Gasteiger partial charge in [-0.05, 0) is 28.1 Å². The zero-order valence-electron chi connectivity index (χ0n) is 8.75. The predicted molar refractivity (Wildman–Crippen MR) is 65.8 cm³/mol. The zero-order chi connectivity index (χ0) is 12.6. The first-order chi connectivity index (χ1) is 8.02. The molecule has 0 fully saturated rings. The van der Waals surface area contributed by atoms with E-state index in [-0.39, 0.29) is 16.3 Å². The van der Waals surface area contributed by atoms with E-state index < -0.39 is 11.6 Å². The van der Waals surface area contributed by atoms with Crippen LogP contribution in [0.3, 0.4) is 0 Å². The van der Waals surface area contributed by atoms with Gasteiger partial charge in [-0.3, -0.25) is 9.48 Å². The fourth-order valence-corrected chi connectivity index (χ4v) is 2.18. The molecule has 0 amide bonds. The van der Waals surface area contributed by atoms with E-state index in [1.54, 1.807) is 7.05 Å². The summed E-state index contributed by atoms with van der Waals surface area (Å²) in [5.41, 5.74) is 0.216. The van der Waals surface area contributed by atoms with Crippen molar-refractivity contribution < 1.29 is 9.18 Å². The van der Waals surface area contributed by atoms with Crippen molar-refractivity contribution in [1.82, 2.24) is 9.78 Å². The molecule has 0 aliphatic carbocycles. The van der Waals surface area contributed by atoms with E-state index in [4.69, 9.17) is 11.6 Å². The summed E-state index contributed by atoms with van der Waals surface area (Å²) >= 11 is 8.84. The van der Waals surface area contributed by atoms with E-state index in [1.165, 1.54) is 29.1 Å². The summed E-state index contributed by atoms with van der Waals surface area (Å²) in [7, 11) is 1.61. The fraction of sp³-hybridized carbons (Fsp3) is 0.0909. The molecule has 0 saturated carbocycles. The third-order valence-corrected chi connectivity index (χ3v) is 3.18. The van der Waals surface area contributed by atoms with E-state index in [9.17, 15) is 9.18 Å². The van der Waals surface area contributed by atoms with Crippen molar-refractivity contribution in [2.24, 2.45) is 7.05 Å². The van der Waals surface area contributed by atoms with Gasteiger partial charge < -0.3 is 0 Å². The number of rotatable bonds is 2. The van der Waals surface area contributed by atoms with Crippen molar-refractivity contribution in [1.29, 1.82) is 0 Å². The second-order valence-electron chi connectivity index (χ2n) is 3.40. The minimum Gasteiger partial charge on any atom is -0.287 e. The lowest BCUT2D eigenvalue weighted by Crippen LogP contribution is -2.10. The summed E-state index contributed by atoms with van der Waals surface area (Å²) in [6.45, 7) is 0. The quantitative estimate of drug-likeness (QED) is 0.797. The molecule has 0 atom stereocenters. The number of aryl methyl sites for hydroxylation is 1. The lowest BCUT2D eigenvalue weighted by atomic mass is 10.1. The van der Waals surface area contributed by atoms with Crippen molar-refractivity contribution in [3.05, 3.63) is 51.0 Å². The number of hydrogen-bond donors (Lipinski definition) is 0. The first-order valence-corrected chi connectivity index (χ1v) is 5.85. The van der Waals surface area contributed by atoms with E-state index in [1.807, 2.05) is 0 Å². The molecular weight excluding hydrogens is 310 g/mol. The van der Waals surface area contributed by atoms with Crippen LogP contribution < -0.4 is 0 Å². The molecular formula is C11H7BrClFN2O. The van der Waals surface area contributed by atoms with Crippen LogP contribution in [0.5, 0.6) is 0 Å². The molecule has 0 unspecified atom stereocenters. The largest absolute Gasteiger partial charge is 0.287 e. The smallest absolute Gasteiger partial charge is 0.215 e. The van der Waals surface area contributed by atoms with Crippen LogP contribution in [-0.4, -0.2) is 15.6 Å². The van der Waals surface area contributed by atoms with Gasteiger partial charge in [0.2, 0.25) is 5.78 Å². The molecule has 0 aliphatic rings. The van der Waals surface area contributed by atoms with E-state index in [2.05, 4.69) is 21.0 Å². The first kappa shape index (κ1) is 12.3. The average molecular weight is 318 g/mol. The maximum absolute atomic E-state index is 13.7. The number of hydrogen-bond acceptors (Lipinski definition) is 2. The Kier molecular flexibility index (Phi) is 3.31. The molecule has 6 heteroatoms. The van der Waals surface area contributed by atoms with Crippen LogP contribution in [0.4, 0.5) is 4.39 Å². The van der Waals surface area contributed by atoms with Crippen molar-refractivity contribution in [2.75, 3.05) is 0 Å². The molecule has 1 heterocycles. The Bertz CT molecular complexity index is 578. The molecule has 0 N–H and O–H groups in total. The summed E-state index contributed by atoms with van der Waals surface area (Å²) in [5, 5.41) is 3.83. The molecule has 1 aromatic heterocycles. The Morgan fingerprint density at radius 3 is 2.82 bits per heavy atom. The average Bonchev–Trinajstić information content (AvgIpc) is 2.62. The Morgan fingerprint density at radius 1 is 1.53 bits per heavy atom. The topological polar surface area (TPSA) is 34.9 Å². The predicted octanol–water partition coefficient (Wildman–Crippen LogP) is 3.21. The van der Waals surface area contributed by atoms with E-state index >= 15 is 0 Å². The van der Waals surface area contributed by atoms with Crippen LogP contribution in [0.15, 0.2) is 28.9 Å². The number of carbonyl (C=O) groups excluding carboxylic acids is 1. The van der Waals surface area contributed by atoms with Gasteiger partial charge in [0.15, 0.2) is 5.82 Å². The summed E-state index contributed by atoms with van der Waals surface area (Å²) < 4.78 is 15.6. The highest BCUT2D eigenvalue weighted by atomic mass is 79.9. The van der Waals surface area contributed by atoms with Gasteiger partial charge in [-0.25, -0.2) is 4.39 Å². The Labute approximate surface area is 110 Å². The highest BCUT2D eigenvalue weighted by Crippen LogP contribution is 2.23. The van der Waals surface area contributed by atoms with Crippen LogP contribution in [0.1, 0.15) is 16.1 Å². The lowest BCUT2D eigenvalue weighted by molar-refractivity contribution is 0.102. The Morgan fingerprint density at radius 2 is 2.24 bits per heavy atom. The van der Waals surface area contributed by atoms with Gasteiger partial charge in [-0.2, -0.15) is 5.10 Å². The van der Waals surface area contributed by atoms with Crippen LogP contribution in [0, 0.1) is 5.82 Å². The van der Waals surface area contributed by atoms with E-state index in [0.717, 1.165) is 0 Å². The molecule has 0 spiro atoms. The van der Waals surface area contributed by atoms with Crippen molar-refractivity contribution in [3.8, 4) is 0 Å². The maximum atomic E-state index is 13.7. The molecule has 0 radical (unpaired) electrons. The molecule has 3 nitrogen and oxygen atoms in total. The van der Waals surface area contributed by atoms with Gasteiger partial charge in [-0.1, -0.05) is 17.7 Å².